The second-order valence-corrected chi connectivity index (χ2v) is 6.07. The molecule has 2 heterocycles. The van der Waals surface area contributed by atoms with Crippen LogP contribution in [-0.2, 0) is 9.47 Å². The van der Waals surface area contributed by atoms with Crippen molar-refractivity contribution in [3.05, 3.63) is 30.3 Å². The topological polar surface area (TPSA) is 83.1 Å². The molecule has 24 heavy (non-hydrogen) atoms. The highest BCUT2D eigenvalue weighted by Crippen LogP contribution is 2.31. The van der Waals surface area contributed by atoms with Crippen molar-refractivity contribution < 1.29 is 19.4 Å². The van der Waals surface area contributed by atoms with Crippen molar-refractivity contribution in [3.63, 3.8) is 0 Å². The maximum absolute atomic E-state index is 12.3. The van der Waals surface area contributed by atoms with Crippen LogP contribution in [0.15, 0.2) is 30.3 Å². The number of rotatable bonds is 5. The third-order valence-electron chi connectivity index (χ3n) is 4.69. The van der Waals surface area contributed by atoms with Gasteiger partial charge in [0.05, 0.1) is 24.8 Å². The zero-order valence-electron chi connectivity index (χ0n) is 14.0. The molecular formula is C17H25N3O4. The molecule has 2 bridgehead atoms. The number of likely N-dealkylation sites (N-methyl/N-ethyl adjacent to an activating group) is 1. The molecule has 5 unspecified atom stereocenters. The van der Waals surface area contributed by atoms with E-state index >= 15 is 0 Å². The molecule has 3 N–H and O–H groups in total. The summed E-state index contributed by atoms with van der Waals surface area (Å²) in [5.74, 6) is 0. The van der Waals surface area contributed by atoms with E-state index in [0.717, 1.165) is 13.1 Å². The zero-order chi connectivity index (χ0) is 17.1. The highest BCUT2D eigenvalue weighted by molar-refractivity contribution is 5.89. The summed E-state index contributed by atoms with van der Waals surface area (Å²) in [6, 6.07) is 8.02. The van der Waals surface area contributed by atoms with Crippen LogP contribution in [0.3, 0.4) is 0 Å². The Morgan fingerprint density at radius 2 is 2.00 bits per heavy atom. The first-order valence-electron chi connectivity index (χ1n) is 8.45. The summed E-state index contributed by atoms with van der Waals surface area (Å²) in [6.45, 7) is 5.98. The van der Waals surface area contributed by atoms with Gasteiger partial charge < -0.3 is 25.2 Å². The Morgan fingerprint density at radius 3 is 2.67 bits per heavy atom. The van der Waals surface area contributed by atoms with Crippen LogP contribution in [0.4, 0.5) is 10.5 Å². The van der Waals surface area contributed by atoms with Crippen molar-refractivity contribution in [1.82, 2.24) is 10.2 Å². The van der Waals surface area contributed by atoms with Gasteiger partial charge >= 0.3 is 6.03 Å². The lowest BCUT2D eigenvalue weighted by molar-refractivity contribution is -0.179. The minimum absolute atomic E-state index is 0.291. The number of nitrogens with one attached hydrogen (secondary N) is 2. The van der Waals surface area contributed by atoms with E-state index in [0.29, 0.717) is 12.3 Å². The molecule has 132 valence electrons. The number of fused-ring (bicyclic) bond motifs is 2. The van der Waals surface area contributed by atoms with E-state index in [4.69, 9.17) is 9.47 Å². The first kappa shape index (κ1) is 17.2. The van der Waals surface area contributed by atoms with Crippen molar-refractivity contribution in [1.29, 1.82) is 0 Å². The fourth-order valence-corrected chi connectivity index (χ4v) is 3.45. The standard InChI is InChI=1S/C17H25N3O4/c1-3-20(4-2)14-15(21)13(12-10-23-16(14)24-12)19-17(22)18-11-8-6-5-7-9-11/h5-9,12-16,21H,3-4,10H2,1-2H3,(H2,18,19,22). The van der Waals surface area contributed by atoms with Crippen LogP contribution in [0.5, 0.6) is 0 Å². The van der Waals surface area contributed by atoms with Crippen LogP contribution < -0.4 is 10.6 Å². The second-order valence-electron chi connectivity index (χ2n) is 6.07. The molecule has 2 aliphatic rings. The van der Waals surface area contributed by atoms with Gasteiger partial charge in [-0.2, -0.15) is 0 Å². The maximum atomic E-state index is 12.3. The minimum Gasteiger partial charge on any atom is -0.389 e. The first-order valence-corrected chi connectivity index (χ1v) is 8.45. The molecule has 1 aromatic rings. The van der Waals surface area contributed by atoms with E-state index in [1.807, 2.05) is 32.0 Å². The van der Waals surface area contributed by atoms with Gasteiger partial charge in [-0.25, -0.2) is 4.79 Å². The number of urea groups is 1. The molecule has 7 nitrogen and oxygen atoms in total. The number of hydrogen-bond acceptors (Lipinski definition) is 5. The van der Waals surface area contributed by atoms with Crippen LogP contribution in [0.2, 0.25) is 0 Å². The molecule has 5 atom stereocenters. The molecule has 0 aromatic heterocycles. The molecule has 2 amide bonds. The number of ether oxygens (including phenoxy) is 2. The average Bonchev–Trinajstić information content (AvgIpc) is 3.02. The minimum atomic E-state index is -0.752. The van der Waals surface area contributed by atoms with Crippen LogP contribution in [0.25, 0.3) is 0 Å². The quantitative estimate of drug-likeness (QED) is 0.748. The highest BCUT2D eigenvalue weighted by Gasteiger charge is 2.52. The molecular weight excluding hydrogens is 310 g/mol. The van der Waals surface area contributed by atoms with E-state index in [1.54, 1.807) is 12.1 Å². The molecule has 0 radical (unpaired) electrons. The monoisotopic (exact) mass is 335 g/mol. The predicted molar refractivity (Wildman–Crippen MR) is 89.7 cm³/mol. The van der Waals surface area contributed by atoms with Crippen molar-refractivity contribution in [2.24, 2.45) is 0 Å². The number of carbonyl (C=O) groups excluding carboxylic acids is 1. The summed E-state index contributed by atoms with van der Waals surface area (Å²) in [4.78, 5) is 14.4. The Kier molecular flexibility index (Phi) is 5.35. The fourth-order valence-electron chi connectivity index (χ4n) is 3.45. The number of hydrogen-bond donors (Lipinski definition) is 3. The number of nitrogens with zero attached hydrogens (tertiary/aromatic N) is 1. The van der Waals surface area contributed by atoms with Crippen LogP contribution in [0, 0.1) is 0 Å². The number of benzene rings is 1. The molecule has 0 aliphatic carbocycles. The Labute approximate surface area is 141 Å². The maximum Gasteiger partial charge on any atom is 0.319 e. The third kappa shape index (κ3) is 3.39. The van der Waals surface area contributed by atoms with Crippen molar-refractivity contribution in [3.8, 4) is 0 Å². The summed E-state index contributed by atoms with van der Waals surface area (Å²) < 4.78 is 11.5. The molecule has 3 rings (SSSR count). The van der Waals surface area contributed by atoms with Crippen LogP contribution >= 0.6 is 0 Å². The lowest BCUT2D eigenvalue weighted by Gasteiger charge is -2.43. The molecule has 7 heteroatoms. The van der Waals surface area contributed by atoms with Gasteiger partial charge in [0.25, 0.3) is 0 Å². The molecule has 1 aromatic carbocycles. The predicted octanol–water partition coefficient (Wildman–Crippen LogP) is 1.00. The van der Waals surface area contributed by atoms with Crippen molar-refractivity contribution >= 4 is 11.7 Å². The van der Waals surface area contributed by atoms with Gasteiger partial charge in [-0.3, -0.25) is 4.90 Å². The second kappa shape index (κ2) is 7.48. The number of anilines is 1. The van der Waals surface area contributed by atoms with Gasteiger partial charge in [0.2, 0.25) is 0 Å². The van der Waals surface area contributed by atoms with E-state index in [9.17, 15) is 9.90 Å². The van der Waals surface area contributed by atoms with E-state index < -0.39 is 18.4 Å². The molecule has 0 spiro atoms. The van der Waals surface area contributed by atoms with Gasteiger partial charge in [-0.05, 0) is 25.2 Å². The lowest BCUT2D eigenvalue weighted by Crippen LogP contribution is -2.65. The summed E-state index contributed by atoms with van der Waals surface area (Å²) in [7, 11) is 0. The Hall–Kier alpha value is -1.67. The average molecular weight is 335 g/mol. The van der Waals surface area contributed by atoms with E-state index in [1.165, 1.54) is 0 Å². The number of aliphatic hydroxyl groups is 1. The largest absolute Gasteiger partial charge is 0.389 e. The summed E-state index contributed by atoms with van der Waals surface area (Å²) in [5, 5.41) is 16.4. The molecule has 0 saturated carbocycles. The van der Waals surface area contributed by atoms with Crippen LogP contribution in [-0.4, -0.2) is 66.3 Å². The number of para-hydroxylation sites is 1. The summed E-state index contributed by atoms with van der Waals surface area (Å²) in [6.07, 6.45) is -1.53. The Balaban J connectivity index is 1.68. The van der Waals surface area contributed by atoms with E-state index in [-0.39, 0.29) is 18.2 Å². The van der Waals surface area contributed by atoms with Gasteiger partial charge in [0.15, 0.2) is 6.29 Å². The number of aliphatic hydroxyl groups excluding tert-OH is 1. The highest BCUT2D eigenvalue weighted by atomic mass is 16.7. The van der Waals surface area contributed by atoms with E-state index in [2.05, 4.69) is 15.5 Å². The smallest absolute Gasteiger partial charge is 0.319 e. The number of amides is 2. The van der Waals surface area contributed by atoms with Crippen molar-refractivity contribution in [2.45, 2.75) is 44.4 Å². The normalized spacial score (nSPS) is 31.9. The van der Waals surface area contributed by atoms with Gasteiger partial charge in [0.1, 0.15) is 6.10 Å². The van der Waals surface area contributed by atoms with Gasteiger partial charge in [-0.1, -0.05) is 32.0 Å². The SMILES string of the molecule is CCN(CC)C1C2OCC(O2)C(NC(=O)Nc2ccccc2)C1O. The Morgan fingerprint density at radius 1 is 1.29 bits per heavy atom. The molecule has 2 aliphatic heterocycles. The lowest BCUT2D eigenvalue weighted by atomic mass is 9.95. The molecule has 2 fully saturated rings. The summed E-state index contributed by atoms with van der Waals surface area (Å²) in [5.41, 5.74) is 0.696. The zero-order valence-corrected chi connectivity index (χ0v) is 14.0. The van der Waals surface area contributed by atoms with Crippen molar-refractivity contribution in [2.75, 3.05) is 25.0 Å². The first-order chi connectivity index (χ1) is 11.6. The molecule has 2 saturated heterocycles. The van der Waals surface area contributed by atoms with Gasteiger partial charge in [-0.15, -0.1) is 0 Å². The van der Waals surface area contributed by atoms with Gasteiger partial charge in [0, 0.05) is 5.69 Å². The fraction of sp³-hybridized carbons (Fsp3) is 0.588. The number of carbonyl (C=O) groups is 1. The van der Waals surface area contributed by atoms with Crippen LogP contribution in [0.1, 0.15) is 13.8 Å². The Bertz CT molecular complexity index is 550. The summed E-state index contributed by atoms with van der Waals surface area (Å²) >= 11 is 0. The third-order valence-corrected chi connectivity index (χ3v) is 4.69.